The van der Waals surface area contributed by atoms with Gasteiger partial charge in [0.2, 0.25) is 17.8 Å². The van der Waals surface area contributed by atoms with Crippen LogP contribution >= 0.6 is 0 Å². The predicted molar refractivity (Wildman–Crippen MR) is 89.8 cm³/mol. The summed E-state index contributed by atoms with van der Waals surface area (Å²) in [4.78, 5) is 11.4. The fraction of sp³-hybridized carbons (Fsp3) is 0.0556. The number of anilines is 1. The first kappa shape index (κ1) is 17.0. The number of imidazole rings is 1. The zero-order valence-corrected chi connectivity index (χ0v) is 13.6. The summed E-state index contributed by atoms with van der Waals surface area (Å²) in [6, 6.07) is 8.94. The second-order valence-electron chi connectivity index (χ2n) is 5.68. The van der Waals surface area contributed by atoms with Crippen molar-refractivity contribution in [2.24, 2.45) is 0 Å². The SMILES string of the molecule is Fc1ccc(-c2nc3ccc(F)cn3c2CNc2nc(F)cc(F)n2)cc1. The molecule has 0 saturated heterocycles. The smallest absolute Gasteiger partial charge is 0.228 e. The predicted octanol–water partition coefficient (Wildman–Crippen LogP) is 3.96. The van der Waals surface area contributed by atoms with Gasteiger partial charge < -0.3 is 5.32 Å². The highest BCUT2D eigenvalue weighted by Crippen LogP contribution is 2.26. The molecule has 3 heterocycles. The number of aromatic nitrogens is 4. The zero-order chi connectivity index (χ0) is 19.0. The number of nitrogens with zero attached hydrogens (tertiary/aromatic N) is 4. The van der Waals surface area contributed by atoms with E-state index in [9.17, 15) is 17.6 Å². The molecular weight excluding hydrogens is 362 g/mol. The molecular formula is C18H11F4N5. The number of benzene rings is 1. The molecule has 5 nitrogen and oxygen atoms in total. The highest BCUT2D eigenvalue weighted by Gasteiger charge is 2.15. The van der Waals surface area contributed by atoms with Gasteiger partial charge in [-0.25, -0.2) is 13.8 Å². The third-order valence-electron chi connectivity index (χ3n) is 3.88. The van der Waals surface area contributed by atoms with Crippen LogP contribution in [0.1, 0.15) is 5.69 Å². The molecule has 9 heteroatoms. The van der Waals surface area contributed by atoms with E-state index in [0.717, 1.165) is 0 Å². The van der Waals surface area contributed by atoms with E-state index < -0.39 is 23.5 Å². The lowest BCUT2D eigenvalue weighted by Gasteiger charge is -2.08. The molecule has 1 N–H and O–H groups in total. The van der Waals surface area contributed by atoms with Crippen LogP contribution < -0.4 is 5.32 Å². The van der Waals surface area contributed by atoms with Gasteiger partial charge in [0.1, 0.15) is 17.3 Å². The van der Waals surface area contributed by atoms with Crippen molar-refractivity contribution in [3.05, 3.63) is 77.9 Å². The van der Waals surface area contributed by atoms with Gasteiger partial charge in [-0.3, -0.25) is 4.40 Å². The van der Waals surface area contributed by atoms with Crippen LogP contribution in [0.4, 0.5) is 23.5 Å². The molecule has 0 spiro atoms. The molecule has 27 heavy (non-hydrogen) atoms. The first-order valence-corrected chi connectivity index (χ1v) is 7.86. The third kappa shape index (κ3) is 3.43. The Kier molecular flexibility index (Phi) is 4.19. The van der Waals surface area contributed by atoms with E-state index in [-0.39, 0.29) is 12.5 Å². The molecule has 1 aromatic carbocycles. The molecule has 136 valence electrons. The van der Waals surface area contributed by atoms with Crippen molar-refractivity contribution in [1.82, 2.24) is 19.4 Å². The molecule has 4 rings (SSSR count). The zero-order valence-electron chi connectivity index (χ0n) is 13.6. The van der Waals surface area contributed by atoms with Gasteiger partial charge in [-0.2, -0.15) is 18.7 Å². The average molecular weight is 373 g/mol. The molecule has 0 unspecified atom stereocenters. The van der Waals surface area contributed by atoms with E-state index in [1.54, 1.807) is 0 Å². The molecule has 0 atom stereocenters. The van der Waals surface area contributed by atoms with E-state index >= 15 is 0 Å². The Labute approximate surface area is 150 Å². The van der Waals surface area contributed by atoms with Crippen LogP contribution in [0.3, 0.4) is 0 Å². The van der Waals surface area contributed by atoms with Gasteiger partial charge in [-0.1, -0.05) is 0 Å². The minimum Gasteiger partial charge on any atom is -0.348 e. The average Bonchev–Trinajstić information content (AvgIpc) is 2.97. The maximum atomic E-state index is 13.7. The Hall–Kier alpha value is -3.49. The van der Waals surface area contributed by atoms with Crippen molar-refractivity contribution in [3.63, 3.8) is 0 Å². The van der Waals surface area contributed by atoms with Gasteiger partial charge in [0.05, 0.1) is 17.9 Å². The van der Waals surface area contributed by atoms with Gasteiger partial charge in [0, 0.05) is 17.8 Å². The molecule has 4 aromatic rings. The third-order valence-corrected chi connectivity index (χ3v) is 3.88. The molecule has 3 aromatic heterocycles. The van der Waals surface area contributed by atoms with E-state index in [4.69, 9.17) is 0 Å². The van der Waals surface area contributed by atoms with Crippen LogP contribution in [0.2, 0.25) is 0 Å². The van der Waals surface area contributed by atoms with Gasteiger partial charge in [0.25, 0.3) is 0 Å². The van der Waals surface area contributed by atoms with Crippen LogP contribution in [0.5, 0.6) is 0 Å². The fourth-order valence-corrected chi connectivity index (χ4v) is 2.71. The minimum absolute atomic E-state index is 0.000221. The first-order valence-electron chi connectivity index (χ1n) is 7.86. The highest BCUT2D eigenvalue weighted by atomic mass is 19.1. The van der Waals surface area contributed by atoms with Crippen molar-refractivity contribution in [2.75, 3.05) is 5.32 Å². The number of rotatable bonds is 4. The number of nitrogens with one attached hydrogen (secondary N) is 1. The van der Waals surface area contributed by atoms with Crippen molar-refractivity contribution < 1.29 is 17.6 Å². The van der Waals surface area contributed by atoms with Crippen molar-refractivity contribution in [1.29, 1.82) is 0 Å². The molecule has 0 aliphatic heterocycles. The molecule has 0 amide bonds. The lowest BCUT2D eigenvalue weighted by Crippen LogP contribution is -2.08. The second kappa shape index (κ2) is 6.67. The minimum atomic E-state index is -1.02. The van der Waals surface area contributed by atoms with Gasteiger partial charge in [-0.15, -0.1) is 0 Å². The fourth-order valence-electron chi connectivity index (χ4n) is 2.71. The van der Waals surface area contributed by atoms with Crippen molar-refractivity contribution in [3.8, 4) is 11.3 Å². The molecule has 0 aliphatic carbocycles. The highest BCUT2D eigenvalue weighted by molar-refractivity contribution is 5.67. The Bertz CT molecular complexity index is 1100. The topological polar surface area (TPSA) is 55.1 Å². The first-order chi connectivity index (χ1) is 13.0. The van der Waals surface area contributed by atoms with Gasteiger partial charge in [0.15, 0.2) is 0 Å². The molecule has 0 radical (unpaired) electrons. The van der Waals surface area contributed by atoms with E-state index in [1.165, 1.54) is 47.0 Å². The van der Waals surface area contributed by atoms with E-state index in [2.05, 4.69) is 20.3 Å². The number of hydrogen-bond donors (Lipinski definition) is 1. The van der Waals surface area contributed by atoms with Gasteiger partial charge >= 0.3 is 0 Å². The molecule has 0 bridgehead atoms. The molecule has 0 saturated carbocycles. The standard InChI is InChI=1S/C18H11F4N5/c19-11-3-1-10(2-4-11)17-13(27-9-12(20)5-6-16(27)26-17)8-23-18-24-14(21)7-15(22)25-18/h1-7,9H,8H2,(H,23,24,25). The van der Waals surface area contributed by atoms with Crippen LogP contribution in [0, 0.1) is 23.5 Å². The van der Waals surface area contributed by atoms with Gasteiger partial charge in [-0.05, 0) is 36.4 Å². The number of fused-ring (bicyclic) bond motifs is 1. The Morgan fingerprint density at radius 3 is 2.19 bits per heavy atom. The Morgan fingerprint density at radius 1 is 0.815 bits per heavy atom. The molecule has 0 fully saturated rings. The maximum Gasteiger partial charge on any atom is 0.228 e. The summed E-state index contributed by atoms with van der Waals surface area (Å²) >= 11 is 0. The summed E-state index contributed by atoms with van der Waals surface area (Å²) in [5, 5.41) is 2.70. The summed E-state index contributed by atoms with van der Waals surface area (Å²) in [5.74, 6) is -3.19. The monoisotopic (exact) mass is 373 g/mol. The van der Waals surface area contributed by atoms with Crippen molar-refractivity contribution in [2.45, 2.75) is 6.54 Å². The normalized spacial score (nSPS) is 11.1. The van der Waals surface area contributed by atoms with E-state index in [0.29, 0.717) is 28.7 Å². The lowest BCUT2D eigenvalue weighted by molar-refractivity contribution is 0.527. The summed E-state index contributed by atoms with van der Waals surface area (Å²) < 4.78 is 54.9. The largest absolute Gasteiger partial charge is 0.348 e. The van der Waals surface area contributed by atoms with Crippen LogP contribution in [0.15, 0.2) is 48.7 Å². The van der Waals surface area contributed by atoms with Crippen LogP contribution in [0.25, 0.3) is 16.9 Å². The second-order valence-corrected chi connectivity index (χ2v) is 5.68. The van der Waals surface area contributed by atoms with Crippen molar-refractivity contribution >= 4 is 11.6 Å². The Morgan fingerprint density at radius 2 is 1.48 bits per heavy atom. The van der Waals surface area contributed by atoms with Crippen LogP contribution in [-0.4, -0.2) is 19.4 Å². The lowest BCUT2D eigenvalue weighted by atomic mass is 10.1. The number of pyridine rings is 1. The maximum absolute atomic E-state index is 13.7. The summed E-state index contributed by atoms with van der Waals surface area (Å²) in [6.07, 6.45) is 1.24. The summed E-state index contributed by atoms with van der Waals surface area (Å²) in [6.45, 7) is 0.000221. The van der Waals surface area contributed by atoms with Crippen LogP contribution in [-0.2, 0) is 6.54 Å². The van der Waals surface area contributed by atoms with E-state index in [1.807, 2.05) is 0 Å². The Balaban J connectivity index is 1.78. The number of hydrogen-bond acceptors (Lipinski definition) is 4. The molecule has 0 aliphatic rings. The summed E-state index contributed by atoms with van der Waals surface area (Å²) in [5.41, 5.74) is 2.01. The summed E-state index contributed by atoms with van der Waals surface area (Å²) in [7, 11) is 0. The quantitative estimate of drug-likeness (QED) is 0.435. The number of halogens is 4.